The smallest absolute Gasteiger partial charge is 0.228 e. The number of methoxy groups -OCH3 is 2. The van der Waals surface area contributed by atoms with Crippen molar-refractivity contribution in [1.82, 2.24) is 19.8 Å². The third-order valence-corrected chi connectivity index (χ3v) is 7.66. The van der Waals surface area contributed by atoms with Gasteiger partial charge in [-0.15, -0.1) is 0 Å². The van der Waals surface area contributed by atoms with Crippen LogP contribution < -0.4 is 20.1 Å². The average Bonchev–Trinajstić information content (AvgIpc) is 2.97. The summed E-state index contributed by atoms with van der Waals surface area (Å²) in [6, 6.07) is 7.96. The second kappa shape index (κ2) is 11.6. The highest BCUT2D eigenvalue weighted by Crippen LogP contribution is 2.37. The fourth-order valence-corrected chi connectivity index (χ4v) is 5.50. The quantitative estimate of drug-likeness (QED) is 0.484. The molecule has 5 rings (SSSR count). The van der Waals surface area contributed by atoms with E-state index in [1.807, 2.05) is 9.80 Å². The number of nitrogens with two attached hydrogens (primary N) is 1. The molecule has 0 aliphatic carbocycles. The van der Waals surface area contributed by atoms with Crippen LogP contribution in [0.2, 0.25) is 0 Å². The Bertz CT molecular complexity index is 1330. The average molecular weight is 541 g/mol. The zero-order valence-electron chi connectivity index (χ0n) is 22.3. The molecule has 2 aliphatic heterocycles. The van der Waals surface area contributed by atoms with Crippen molar-refractivity contribution in [3.8, 4) is 11.5 Å². The second-order valence-electron chi connectivity index (χ2n) is 9.97. The minimum Gasteiger partial charge on any atom is -0.493 e. The number of carbonyl (C=O) groups is 1. The number of benzene rings is 2. The standard InChI is InChI=1S/C28H34F2N6O3/c1-38-22-16-20-25(24(30)26(22)39-2)32-28(33-27(20)31)36-14-12-35(13-15-36)23(37)17-21(34-10-4-3-5-11-34)18-6-8-19(29)9-7-18/h6-9,16,21H,3-5,10-15,17H2,1-2H3,(H2,31,32,33). The Morgan fingerprint density at radius 2 is 1.67 bits per heavy atom. The number of nitrogens with zero attached hydrogens (tertiary/aromatic N) is 5. The second-order valence-corrected chi connectivity index (χ2v) is 9.97. The molecule has 2 aliphatic rings. The van der Waals surface area contributed by atoms with Crippen LogP contribution in [0.4, 0.5) is 20.5 Å². The Morgan fingerprint density at radius 1 is 0.974 bits per heavy atom. The molecule has 9 nitrogen and oxygen atoms in total. The lowest BCUT2D eigenvalue weighted by molar-refractivity contribution is -0.133. The molecule has 1 atom stereocenters. The Kier molecular flexibility index (Phi) is 7.97. The van der Waals surface area contributed by atoms with E-state index < -0.39 is 5.82 Å². The number of anilines is 2. The summed E-state index contributed by atoms with van der Waals surface area (Å²) in [5.74, 6) is -0.299. The highest BCUT2D eigenvalue weighted by molar-refractivity contribution is 5.92. The van der Waals surface area contributed by atoms with Gasteiger partial charge in [0.15, 0.2) is 17.3 Å². The maximum atomic E-state index is 15.2. The molecule has 1 amide bonds. The van der Waals surface area contributed by atoms with Crippen LogP contribution >= 0.6 is 0 Å². The molecule has 0 saturated carbocycles. The summed E-state index contributed by atoms with van der Waals surface area (Å²) in [6.45, 7) is 3.77. The molecule has 2 saturated heterocycles. The van der Waals surface area contributed by atoms with Gasteiger partial charge in [0.05, 0.1) is 14.2 Å². The Balaban J connectivity index is 1.30. The van der Waals surface area contributed by atoms with Crippen LogP contribution in [-0.2, 0) is 4.79 Å². The molecule has 1 aromatic heterocycles. The first-order chi connectivity index (χ1) is 18.9. The van der Waals surface area contributed by atoms with Crippen molar-refractivity contribution in [2.75, 3.05) is 64.1 Å². The molecule has 39 heavy (non-hydrogen) atoms. The van der Waals surface area contributed by atoms with E-state index in [2.05, 4.69) is 14.9 Å². The number of piperidine rings is 1. The van der Waals surface area contributed by atoms with Crippen LogP contribution in [0.5, 0.6) is 11.5 Å². The van der Waals surface area contributed by atoms with Gasteiger partial charge in [0.1, 0.15) is 17.2 Å². The highest BCUT2D eigenvalue weighted by atomic mass is 19.1. The fraction of sp³-hybridized carbons (Fsp3) is 0.464. The van der Waals surface area contributed by atoms with Crippen molar-refractivity contribution in [2.24, 2.45) is 0 Å². The number of likely N-dealkylation sites (tertiary alicyclic amines) is 1. The summed E-state index contributed by atoms with van der Waals surface area (Å²) in [5.41, 5.74) is 7.19. The number of fused-ring (bicyclic) bond motifs is 1. The van der Waals surface area contributed by atoms with Crippen LogP contribution in [0.25, 0.3) is 10.9 Å². The van der Waals surface area contributed by atoms with Crippen molar-refractivity contribution in [3.63, 3.8) is 0 Å². The Labute approximate surface area is 226 Å². The predicted molar refractivity (Wildman–Crippen MR) is 145 cm³/mol. The molecular formula is C28H34F2N6O3. The van der Waals surface area contributed by atoms with E-state index in [1.54, 1.807) is 18.2 Å². The van der Waals surface area contributed by atoms with Crippen molar-refractivity contribution in [2.45, 2.75) is 31.7 Å². The fourth-order valence-electron chi connectivity index (χ4n) is 5.50. The van der Waals surface area contributed by atoms with Crippen molar-refractivity contribution < 1.29 is 23.0 Å². The maximum absolute atomic E-state index is 15.2. The summed E-state index contributed by atoms with van der Waals surface area (Å²) in [7, 11) is 2.78. The SMILES string of the molecule is COc1cc2c(N)nc(N3CCN(C(=O)CC(c4ccc(F)cc4)N4CCCCC4)CC3)nc2c(F)c1OC. The zero-order chi connectivity index (χ0) is 27.5. The lowest BCUT2D eigenvalue weighted by Gasteiger charge is -2.38. The van der Waals surface area contributed by atoms with Gasteiger partial charge < -0.3 is 25.0 Å². The number of nitrogen functional groups attached to an aromatic ring is 1. The van der Waals surface area contributed by atoms with E-state index in [0.717, 1.165) is 31.5 Å². The molecule has 0 radical (unpaired) electrons. The van der Waals surface area contributed by atoms with E-state index in [9.17, 15) is 9.18 Å². The molecule has 2 N–H and O–H groups in total. The first kappa shape index (κ1) is 26.9. The van der Waals surface area contributed by atoms with Crippen LogP contribution in [0, 0.1) is 11.6 Å². The molecule has 0 spiro atoms. The number of piperazine rings is 1. The predicted octanol–water partition coefficient (Wildman–Crippen LogP) is 3.77. The van der Waals surface area contributed by atoms with Crippen molar-refractivity contribution >= 4 is 28.6 Å². The largest absolute Gasteiger partial charge is 0.493 e. The monoisotopic (exact) mass is 540 g/mol. The maximum Gasteiger partial charge on any atom is 0.228 e. The van der Waals surface area contributed by atoms with E-state index in [0.29, 0.717) is 43.9 Å². The minimum atomic E-state index is -0.666. The number of aromatic nitrogens is 2. The number of ether oxygens (including phenoxy) is 2. The number of amides is 1. The van der Waals surface area contributed by atoms with Crippen LogP contribution in [-0.4, -0.2) is 79.2 Å². The first-order valence-corrected chi connectivity index (χ1v) is 13.3. The molecule has 1 unspecified atom stereocenters. The summed E-state index contributed by atoms with van der Waals surface area (Å²) in [4.78, 5) is 28.4. The van der Waals surface area contributed by atoms with Gasteiger partial charge >= 0.3 is 0 Å². The van der Waals surface area contributed by atoms with Gasteiger partial charge in [-0.3, -0.25) is 9.69 Å². The van der Waals surface area contributed by atoms with Gasteiger partial charge in [-0.1, -0.05) is 18.6 Å². The molecule has 2 aromatic carbocycles. The molecule has 208 valence electrons. The van der Waals surface area contributed by atoms with Crippen LogP contribution in [0.15, 0.2) is 30.3 Å². The van der Waals surface area contributed by atoms with Crippen LogP contribution in [0.3, 0.4) is 0 Å². The van der Waals surface area contributed by atoms with Gasteiger partial charge in [0.25, 0.3) is 0 Å². The third kappa shape index (κ3) is 5.54. The number of hydrogen-bond acceptors (Lipinski definition) is 8. The number of halogens is 2. The molecule has 2 fully saturated rings. The lowest BCUT2D eigenvalue weighted by atomic mass is 9.98. The Hall–Kier alpha value is -3.73. The van der Waals surface area contributed by atoms with Crippen molar-refractivity contribution in [3.05, 3.63) is 47.5 Å². The number of carbonyl (C=O) groups excluding carboxylic acids is 1. The summed E-state index contributed by atoms with van der Waals surface area (Å²) in [6.07, 6.45) is 3.71. The van der Waals surface area contributed by atoms with E-state index in [1.165, 1.54) is 32.8 Å². The molecular weight excluding hydrogens is 506 g/mol. The Morgan fingerprint density at radius 3 is 2.31 bits per heavy atom. The van der Waals surface area contributed by atoms with Gasteiger partial charge in [-0.05, 0) is 49.7 Å². The van der Waals surface area contributed by atoms with Gasteiger partial charge in [0.2, 0.25) is 11.9 Å². The minimum absolute atomic E-state index is 0.0473. The topological polar surface area (TPSA) is 97.0 Å². The van der Waals surface area contributed by atoms with Gasteiger partial charge in [-0.25, -0.2) is 13.8 Å². The molecule has 0 bridgehead atoms. The normalized spacial score (nSPS) is 17.3. The lowest BCUT2D eigenvalue weighted by Crippen LogP contribution is -2.50. The van der Waals surface area contributed by atoms with Crippen molar-refractivity contribution in [1.29, 1.82) is 0 Å². The number of hydrogen-bond donors (Lipinski definition) is 1. The third-order valence-electron chi connectivity index (χ3n) is 7.66. The van der Waals surface area contributed by atoms with Crippen LogP contribution in [0.1, 0.15) is 37.3 Å². The summed E-state index contributed by atoms with van der Waals surface area (Å²) < 4.78 is 39.2. The van der Waals surface area contributed by atoms with E-state index >= 15 is 4.39 Å². The molecule has 11 heteroatoms. The van der Waals surface area contributed by atoms with E-state index in [4.69, 9.17) is 15.2 Å². The summed E-state index contributed by atoms with van der Waals surface area (Å²) in [5, 5.41) is 0.340. The first-order valence-electron chi connectivity index (χ1n) is 13.3. The zero-order valence-corrected chi connectivity index (χ0v) is 22.3. The summed E-state index contributed by atoms with van der Waals surface area (Å²) >= 11 is 0. The highest BCUT2D eigenvalue weighted by Gasteiger charge is 2.30. The van der Waals surface area contributed by atoms with E-state index in [-0.39, 0.29) is 40.6 Å². The van der Waals surface area contributed by atoms with Gasteiger partial charge in [0, 0.05) is 44.0 Å². The van der Waals surface area contributed by atoms with Gasteiger partial charge in [-0.2, -0.15) is 4.98 Å². The number of rotatable bonds is 7. The molecule has 3 heterocycles. The molecule has 3 aromatic rings.